The first-order valence-corrected chi connectivity index (χ1v) is 5.98. The summed E-state index contributed by atoms with van der Waals surface area (Å²) in [5.74, 6) is 0.516. The van der Waals surface area contributed by atoms with E-state index in [1.165, 1.54) is 17.8 Å². The summed E-state index contributed by atoms with van der Waals surface area (Å²) in [5, 5.41) is 7.34. The van der Waals surface area contributed by atoms with Crippen molar-refractivity contribution < 1.29 is 13.2 Å². The highest BCUT2D eigenvalue weighted by molar-refractivity contribution is 7.99. The van der Waals surface area contributed by atoms with Crippen molar-refractivity contribution in [2.75, 3.05) is 5.88 Å². The summed E-state index contributed by atoms with van der Waals surface area (Å²) in [4.78, 5) is 0. The second kappa shape index (κ2) is 5.72. The summed E-state index contributed by atoms with van der Waals surface area (Å²) >= 11 is 6.91. The fourth-order valence-electron chi connectivity index (χ4n) is 0.953. The van der Waals surface area contributed by atoms with E-state index < -0.39 is 11.9 Å². The highest BCUT2D eigenvalue weighted by atomic mass is 35.5. The normalized spacial score (nSPS) is 13.8. The number of thioether (sulfide) groups is 1. The number of aromatic nitrogens is 2. The van der Waals surface area contributed by atoms with Gasteiger partial charge in [-0.05, 0) is 18.6 Å². The summed E-state index contributed by atoms with van der Waals surface area (Å²) in [6.45, 7) is 1.94. The lowest BCUT2D eigenvalue weighted by atomic mass is 10.4. The zero-order valence-corrected chi connectivity index (χ0v) is 10.0. The summed E-state index contributed by atoms with van der Waals surface area (Å²) < 4.78 is 36.5. The minimum absolute atomic E-state index is 0.212. The number of hydrogen-bond donors (Lipinski definition) is 0. The van der Waals surface area contributed by atoms with Crippen LogP contribution in [-0.2, 0) is 6.18 Å². The van der Waals surface area contributed by atoms with Crippen molar-refractivity contribution in [3.63, 3.8) is 0 Å². The van der Waals surface area contributed by atoms with Gasteiger partial charge in [-0.2, -0.15) is 13.2 Å². The molecule has 1 rings (SSSR count). The summed E-state index contributed by atoms with van der Waals surface area (Å²) in [7, 11) is 0. The number of alkyl halides is 4. The van der Waals surface area contributed by atoms with E-state index in [0.717, 1.165) is 12.5 Å². The van der Waals surface area contributed by atoms with Gasteiger partial charge >= 0.3 is 6.18 Å². The van der Waals surface area contributed by atoms with Crippen LogP contribution in [0.5, 0.6) is 0 Å². The second-order valence-electron chi connectivity index (χ2n) is 3.16. The molecule has 0 N–H and O–H groups in total. The molecule has 0 aliphatic heterocycles. The molecule has 0 saturated carbocycles. The monoisotopic (exact) mass is 270 g/mol. The minimum Gasteiger partial charge on any atom is -0.164 e. The molecule has 0 aliphatic carbocycles. The van der Waals surface area contributed by atoms with Crippen LogP contribution in [-0.4, -0.2) is 21.3 Å². The number of nitrogens with zero attached hydrogens (tertiary/aromatic N) is 2. The third kappa shape index (κ3) is 4.17. The Kier molecular flexibility index (Phi) is 4.86. The molecule has 0 fully saturated rings. The van der Waals surface area contributed by atoms with Crippen LogP contribution < -0.4 is 0 Å². The third-order valence-corrected chi connectivity index (χ3v) is 3.08. The van der Waals surface area contributed by atoms with Gasteiger partial charge in [0.05, 0.1) is 0 Å². The molecule has 0 saturated heterocycles. The Morgan fingerprint density at radius 1 is 1.38 bits per heavy atom. The minimum atomic E-state index is -4.43. The molecule has 7 heteroatoms. The fourth-order valence-corrected chi connectivity index (χ4v) is 2.29. The summed E-state index contributed by atoms with van der Waals surface area (Å²) in [6.07, 6.45) is -3.66. The van der Waals surface area contributed by atoms with Crippen LogP contribution in [0.4, 0.5) is 13.2 Å². The molecular weight excluding hydrogens is 261 g/mol. The van der Waals surface area contributed by atoms with E-state index in [2.05, 4.69) is 10.2 Å². The van der Waals surface area contributed by atoms with Crippen LogP contribution >= 0.6 is 23.4 Å². The summed E-state index contributed by atoms with van der Waals surface area (Å²) in [6, 6.07) is 2.26. The van der Waals surface area contributed by atoms with Crippen LogP contribution in [0.15, 0.2) is 17.2 Å². The van der Waals surface area contributed by atoms with Gasteiger partial charge in [0.2, 0.25) is 0 Å². The van der Waals surface area contributed by atoms with Crippen molar-refractivity contribution in [3.8, 4) is 0 Å². The lowest BCUT2D eigenvalue weighted by Crippen LogP contribution is -2.09. The SMILES string of the molecule is CC(CCCl)Sc1ccc(C(F)(F)F)nn1. The van der Waals surface area contributed by atoms with E-state index in [4.69, 9.17) is 11.6 Å². The highest BCUT2D eigenvalue weighted by Crippen LogP contribution is 2.29. The van der Waals surface area contributed by atoms with Crippen LogP contribution in [0, 0.1) is 0 Å². The van der Waals surface area contributed by atoms with Crippen LogP contribution in [0.1, 0.15) is 19.0 Å². The van der Waals surface area contributed by atoms with Crippen molar-refractivity contribution in [3.05, 3.63) is 17.8 Å². The second-order valence-corrected chi connectivity index (χ2v) is 5.00. The Morgan fingerprint density at radius 2 is 2.06 bits per heavy atom. The Bertz CT molecular complexity index is 329. The van der Waals surface area contributed by atoms with Gasteiger partial charge < -0.3 is 0 Å². The van der Waals surface area contributed by atoms with Crippen molar-refractivity contribution in [2.45, 2.75) is 29.8 Å². The van der Waals surface area contributed by atoms with Gasteiger partial charge in [-0.25, -0.2) is 0 Å². The maximum atomic E-state index is 12.2. The first-order valence-electron chi connectivity index (χ1n) is 4.57. The Morgan fingerprint density at radius 3 is 2.50 bits per heavy atom. The van der Waals surface area contributed by atoms with Gasteiger partial charge in [0.15, 0.2) is 5.69 Å². The third-order valence-electron chi connectivity index (χ3n) is 1.77. The van der Waals surface area contributed by atoms with E-state index >= 15 is 0 Å². The van der Waals surface area contributed by atoms with Crippen molar-refractivity contribution in [1.82, 2.24) is 10.2 Å². The fraction of sp³-hybridized carbons (Fsp3) is 0.556. The highest BCUT2D eigenvalue weighted by Gasteiger charge is 2.32. The predicted molar refractivity (Wildman–Crippen MR) is 57.7 cm³/mol. The van der Waals surface area contributed by atoms with Gasteiger partial charge in [-0.3, -0.25) is 0 Å². The maximum absolute atomic E-state index is 12.2. The standard InChI is InChI=1S/C9H10ClF3N2S/c1-6(4-5-10)16-8-3-2-7(14-15-8)9(11,12)13/h2-3,6H,4-5H2,1H3. The average Bonchev–Trinajstić information content (AvgIpc) is 2.17. The molecule has 0 aliphatic rings. The molecular formula is C9H10ClF3N2S. The molecule has 0 radical (unpaired) electrons. The van der Waals surface area contributed by atoms with Crippen LogP contribution in [0.3, 0.4) is 0 Å². The number of hydrogen-bond acceptors (Lipinski definition) is 3. The van der Waals surface area contributed by atoms with Crippen molar-refractivity contribution >= 4 is 23.4 Å². The van der Waals surface area contributed by atoms with E-state index in [-0.39, 0.29) is 5.25 Å². The molecule has 90 valence electrons. The first kappa shape index (κ1) is 13.6. The molecule has 1 atom stereocenters. The topological polar surface area (TPSA) is 25.8 Å². The lowest BCUT2D eigenvalue weighted by molar-refractivity contribution is -0.141. The molecule has 1 unspecified atom stereocenters. The molecule has 1 aromatic rings. The van der Waals surface area contributed by atoms with E-state index in [1.54, 1.807) is 0 Å². The van der Waals surface area contributed by atoms with Gasteiger partial charge in [-0.1, -0.05) is 6.92 Å². The summed E-state index contributed by atoms with van der Waals surface area (Å²) in [5.41, 5.74) is -0.971. The van der Waals surface area contributed by atoms with Crippen molar-refractivity contribution in [1.29, 1.82) is 0 Å². The maximum Gasteiger partial charge on any atom is 0.435 e. The van der Waals surface area contributed by atoms with Gasteiger partial charge in [-0.15, -0.1) is 33.6 Å². The van der Waals surface area contributed by atoms with Crippen LogP contribution in [0.25, 0.3) is 0 Å². The largest absolute Gasteiger partial charge is 0.435 e. The number of halogens is 4. The first-order chi connectivity index (χ1) is 7.43. The van der Waals surface area contributed by atoms with E-state index in [1.807, 2.05) is 6.92 Å². The predicted octanol–water partition coefficient (Wildman–Crippen LogP) is 3.60. The van der Waals surface area contributed by atoms with Crippen molar-refractivity contribution in [2.24, 2.45) is 0 Å². The quantitative estimate of drug-likeness (QED) is 0.617. The van der Waals surface area contributed by atoms with Gasteiger partial charge in [0.1, 0.15) is 5.03 Å². The molecule has 0 aromatic carbocycles. The lowest BCUT2D eigenvalue weighted by Gasteiger charge is -2.08. The van der Waals surface area contributed by atoms with Crippen LogP contribution in [0.2, 0.25) is 0 Å². The molecule has 2 nitrogen and oxygen atoms in total. The zero-order chi connectivity index (χ0) is 12.2. The number of rotatable bonds is 4. The molecule has 1 aromatic heterocycles. The molecule has 0 amide bonds. The smallest absolute Gasteiger partial charge is 0.164 e. The molecule has 1 heterocycles. The molecule has 0 spiro atoms. The van der Waals surface area contributed by atoms with Gasteiger partial charge in [0, 0.05) is 11.1 Å². The molecule has 0 bridgehead atoms. The molecule has 16 heavy (non-hydrogen) atoms. The van der Waals surface area contributed by atoms with E-state index in [0.29, 0.717) is 10.9 Å². The zero-order valence-electron chi connectivity index (χ0n) is 8.46. The van der Waals surface area contributed by atoms with E-state index in [9.17, 15) is 13.2 Å². The average molecular weight is 271 g/mol. The Hall–Kier alpha value is -0.490. The Labute approximate surface area is 101 Å². The Balaban J connectivity index is 2.65. The van der Waals surface area contributed by atoms with Gasteiger partial charge in [0.25, 0.3) is 0 Å².